The zero-order valence-corrected chi connectivity index (χ0v) is 11.0. The van der Waals surface area contributed by atoms with Crippen LogP contribution in [0.4, 0.5) is 0 Å². The third-order valence-electron chi connectivity index (χ3n) is 3.69. The van der Waals surface area contributed by atoms with E-state index in [1.807, 2.05) is 20.8 Å². The van der Waals surface area contributed by atoms with Crippen molar-refractivity contribution in [1.29, 1.82) is 5.26 Å². The molecule has 1 saturated heterocycles. The molecule has 0 radical (unpaired) electrons. The zero-order valence-electron chi connectivity index (χ0n) is 11.0. The van der Waals surface area contributed by atoms with Crippen molar-refractivity contribution >= 4 is 5.91 Å². The lowest BCUT2D eigenvalue weighted by atomic mass is 9.74. The minimum atomic E-state index is -0.359. The number of piperidine rings is 1. The first-order valence-corrected chi connectivity index (χ1v) is 6.37. The van der Waals surface area contributed by atoms with Crippen LogP contribution in [0.1, 0.15) is 33.6 Å². The van der Waals surface area contributed by atoms with E-state index in [9.17, 15) is 4.79 Å². The number of hydrogen-bond donors (Lipinski definition) is 2. The van der Waals surface area contributed by atoms with Crippen LogP contribution < -0.4 is 10.6 Å². The molecule has 4 nitrogen and oxygen atoms in total. The van der Waals surface area contributed by atoms with Gasteiger partial charge >= 0.3 is 0 Å². The van der Waals surface area contributed by atoms with Crippen molar-refractivity contribution in [2.45, 2.75) is 33.6 Å². The summed E-state index contributed by atoms with van der Waals surface area (Å²) < 4.78 is 0. The van der Waals surface area contributed by atoms with Crippen LogP contribution in [0.2, 0.25) is 0 Å². The fourth-order valence-electron chi connectivity index (χ4n) is 2.17. The minimum Gasteiger partial charge on any atom is -0.354 e. The van der Waals surface area contributed by atoms with Crippen molar-refractivity contribution in [2.75, 3.05) is 19.6 Å². The molecule has 1 amide bonds. The van der Waals surface area contributed by atoms with Gasteiger partial charge in [-0.2, -0.15) is 5.26 Å². The Labute approximate surface area is 104 Å². The summed E-state index contributed by atoms with van der Waals surface area (Å²) in [6, 6.07) is 2.12. The van der Waals surface area contributed by atoms with Gasteiger partial charge < -0.3 is 10.6 Å². The van der Waals surface area contributed by atoms with Gasteiger partial charge in [0, 0.05) is 12.0 Å². The average molecular weight is 237 g/mol. The molecule has 0 saturated carbocycles. The van der Waals surface area contributed by atoms with Gasteiger partial charge in [0.25, 0.3) is 0 Å². The normalized spacial score (nSPS) is 22.6. The Bertz CT molecular complexity index is 300. The molecule has 2 atom stereocenters. The van der Waals surface area contributed by atoms with Crippen molar-refractivity contribution in [1.82, 2.24) is 10.6 Å². The number of amides is 1. The summed E-state index contributed by atoms with van der Waals surface area (Å²) in [4.78, 5) is 12.1. The molecule has 1 heterocycles. The quantitative estimate of drug-likeness (QED) is 0.774. The zero-order chi connectivity index (χ0) is 12.9. The summed E-state index contributed by atoms with van der Waals surface area (Å²) in [7, 11) is 0. The van der Waals surface area contributed by atoms with Crippen LogP contribution in [0.15, 0.2) is 0 Å². The Morgan fingerprint density at radius 1 is 1.65 bits per heavy atom. The van der Waals surface area contributed by atoms with Crippen LogP contribution in [-0.4, -0.2) is 25.5 Å². The molecular weight excluding hydrogens is 214 g/mol. The van der Waals surface area contributed by atoms with Gasteiger partial charge in [-0.15, -0.1) is 0 Å². The lowest BCUT2D eigenvalue weighted by Crippen LogP contribution is -2.48. The van der Waals surface area contributed by atoms with Gasteiger partial charge in [0.2, 0.25) is 5.91 Å². The Balaban J connectivity index is 2.50. The number of nitrogens with one attached hydrogen (secondary N) is 2. The highest BCUT2D eigenvalue weighted by Gasteiger charge is 2.37. The fraction of sp³-hybridized carbons (Fsp3) is 0.846. The highest BCUT2D eigenvalue weighted by molar-refractivity contribution is 5.82. The van der Waals surface area contributed by atoms with Crippen molar-refractivity contribution < 1.29 is 4.79 Å². The average Bonchev–Trinajstić information content (AvgIpc) is 2.36. The van der Waals surface area contributed by atoms with E-state index < -0.39 is 0 Å². The second-order valence-corrected chi connectivity index (χ2v) is 5.51. The smallest absolute Gasteiger partial charge is 0.226 e. The lowest BCUT2D eigenvalue weighted by Gasteiger charge is -2.36. The van der Waals surface area contributed by atoms with E-state index in [1.54, 1.807) is 0 Å². The van der Waals surface area contributed by atoms with E-state index in [0.29, 0.717) is 12.5 Å². The molecule has 1 rings (SSSR count). The standard InChI is InChI=1S/C13H23N3O/c1-10(7-14)8-16-12(17)13(2,3)11-5-4-6-15-9-11/h10-11,15H,4-6,8-9H2,1-3H3,(H,16,17). The molecule has 0 aromatic rings. The van der Waals surface area contributed by atoms with Gasteiger partial charge in [-0.05, 0) is 38.8 Å². The summed E-state index contributed by atoms with van der Waals surface area (Å²) in [5.41, 5.74) is -0.359. The van der Waals surface area contributed by atoms with Gasteiger partial charge in [-0.1, -0.05) is 13.8 Å². The van der Waals surface area contributed by atoms with Gasteiger partial charge in [-0.3, -0.25) is 4.79 Å². The molecule has 2 unspecified atom stereocenters. The highest BCUT2D eigenvalue weighted by Crippen LogP contribution is 2.31. The first kappa shape index (κ1) is 14.0. The number of hydrogen-bond acceptors (Lipinski definition) is 3. The largest absolute Gasteiger partial charge is 0.354 e. The van der Waals surface area contributed by atoms with Gasteiger partial charge in [0.05, 0.1) is 12.0 Å². The van der Waals surface area contributed by atoms with Crippen LogP contribution in [0, 0.1) is 28.6 Å². The van der Waals surface area contributed by atoms with E-state index in [4.69, 9.17) is 5.26 Å². The molecule has 0 aromatic carbocycles. The molecule has 4 heteroatoms. The van der Waals surface area contributed by atoms with E-state index in [-0.39, 0.29) is 17.2 Å². The third-order valence-corrected chi connectivity index (χ3v) is 3.69. The Morgan fingerprint density at radius 2 is 2.35 bits per heavy atom. The van der Waals surface area contributed by atoms with Crippen LogP contribution >= 0.6 is 0 Å². The minimum absolute atomic E-state index is 0.0632. The SMILES string of the molecule is CC(C#N)CNC(=O)C(C)(C)C1CCCNC1. The van der Waals surface area contributed by atoms with Crippen LogP contribution in [0.5, 0.6) is 0 Å². The molecule has 1 aliphatic heterocycles. The summed E-state index contributed by atoms with van der Waals surface area (Å²) in [6.45, 7) is 8.22. The highest BCUT2D eigenvalue weighted by atomic mass is 16.2. The molecule has 96 valence electrons. The van der Waals surface area contributed by atoms with Gasteiger partial charge in [-0.25, -0.2) is 0 Å². The molecule has 1 fully saturated rings. The summed E-state index contributed by atoms with van der Waals surface area (Å²) in [6.07, 6.45) is 2.23. The topological polar surface area (TPSA) is 64.9 Å². The van der Waals surface area contributed by atoms with E-state index in [2.05, 4.69) is 16.7 Å². The number of nitrogens with zero attached hydrogens (tertiary/aromatic N) is 1. The maximum Gasteiger partial charge on any atom is 0.226 e. The number of carbonyl (C=O) groups is 1. The Hall–Kier alpha value is -1.08. The number of nitriles is 1. The van der Waals surface area contributed by atoms with E-state index in [1.165, 1.54) is 0 Å². The molecule has 0 bridgehead atoms. The molecular formula is C13H23N3O. The lowest BCUT2D eigenvalue weighted by molar-refractivity contribution is -0.132. The van der Waals surface area contributed by atoms with Crippen molar-refractivity contribution in [3.8, 4) is 6.07 Å². The first-order chi connectivity index (χ1) is 7.98. The third kappa shape index (κ3) is 3.71. The summed E-state index contributed by atoms with van der Waals surface area (Å²) in [5, 5.41) is 14.9. The second-order valence-electron chi connectivity index (χ2n) is 5.51. The van der Waals surface area contributed by atoms with Crippen LogP contribution in [0.3, 0.4) is 0 Å². The Morgan fingerprint density at radius 3 is 2.88 bits per heavy atom. The van der Waals surface area contributed by atoms with Crippen LogP contribution in [-0.2, 0) is 4.79 Å². The fourth-order valence-corrected chi connectivity index (χ4v) is 2.17. The van der Waals surface area contributed by atoms with E-state index >= 15 is 0 Å². The maximum atomic E-state index is 12.1. The van der Waals surface area contributed by atoms with Crippen molar-refractivity contribution in [3.05, 3.63) is 0 Å². The number of rotatable bonds is 4. The molecule has 0 aliphatic carbocycles. The van der Waals surface area contributed by atoms with Crippen molar-refractivity contribution in [2.24, 2.45) is 17.3 Å². The summed E-state index contributed by atoms with van der Waals surface area (Å²) in [5.74, 6) is 0.321. The Kier molecular flexibility index (Phi) is 4.95. The summed E-state index contributed by atoms with van der Waals surface area (Å²) >= 11 is 0. The molecule has 2 N–H and O–H groups in total. The van der Waals surface area contributed by atoms with Gasteiger partial charge in [0.15, 0.2) is 0 Å². The molecule has 17 heavy (non-hydrogen) atoms. The molecule has 0 spiro atoms. The predicted octanol–water partition coefficient (Wildman–Crippen LogP) is 1.29. The first-order valence-electron chi connectivity index (χ1n) is 6.37. The molecule has 0 aromatic heterocycles. The second kappa shape index (κ2) is 6.02. The van der Waals surface area contributed by atoms with E-state index in [0.717, 1.165) is 25.9 Å². The monoisotopic (exact) mass is 237 g/mol. The van der Waals surface area contributed by atoms with Crippen molar-refractivity contribution in [3.63, 3.8) is 0 Å². The predicted molar refractivity (Wildman–Crippen MR) is 67.2 cm³/mol. The maximum absolute atomic E-state index is 12.1. The van der Waals surface area contributed by atoms with Crippen LogP contribution in [0.25, 0.3) is 0 Å². The number of carbonyl (C=O) groups excluding carboxylic acids is 1. The van der Waals surface area contributed by atoms with Gasteiger partial charge in [0.1, 0.15) is 0 Å². The molecule has 1 aliphatic rings.